The van der Waals surface area contributed by atoms with Crippen molar-refractivity contribution in [2.45, 2.75) is 25.8 Å². The molecule has 4 heterocycles. The van der Waals surface area contributed by atoms with Gasteiger partial charge in [-0.2, -0.15) is 5.10 Å². The molecule has 0 radical (unpaired) electrons. The Bertz CT molecular complexity index is 1020. The average molecular weight is 365 g/mol. The van der Waals surface area contributed by atoms with Crippen molar-refractivity contribution in [3.8, 4) is 11.4 Å². The van der Waals surface area contributed by atoms with Crippen LogP contribution < -0.4 is 16.2 Å². The highest BCUT2D eigenvalue weighted by molar-refractivity contribution is 5.57. The summed E-state index contributed by atoms with van der Waals surface area (Å²) in [7, 11) is 1.94. The summed E-state index contributed by atoms with van der Waals surface area (Å²) in [6, 6.07) is 5.92. The largest absolute Gasteiger partial charge is 0.354 e. The van der Waals surface area contributed by atoms with Crippen LogP contribution in [-0.4, -0.2) is 43.9 Å². The predicted octanol–water partition coefficient (Wildman–Crippen LogP) is 1.11. The number of nitrogens with two attached hydrogens (primary N) is 1. The highest BCUT2D eigenvalue weighted by atomic mass is 16.1. The van der Waals surface area contributed by atoms with Gasteiger partial charge in [0.2, 0.25) is 0 Å². The first-order valence-electron chi connectivity index (χ1n) is 8.96. The van der Waals surface area contributed by atoms with E-state index in [1.807, 2.05) is 36.9 Å². The van der Waals surface area contributed by atoms with E-state index in [1.165, 1.54) is 0 Å². The van der Waals surface area contributed by atoms with Crippen LogP contribution in [0, 0.1) is 13.8 Å². The molecule has 1 saturated heterocycles. The molecular weight excluding hydrogens is 342 g/mol. The number of nitrogens with one attached hydrogen (secondary N) is 1. The topological polar surface area (TPSA) is 106 Å². The van der Waals surface area contributed by atoms with Gasteiger partial charge in [-0.3, -0.25) is 9.48 Å². The third-order valence-electron chi connectivity index (χ3n) is 5.34. The molecular formula is C19H23N7O. The van der Waals surface area contributed by atoms with Gasteiger partial charge in [0.15, 0.2) is 0 Å². The lowest BCUT2D eigenvalue weighted by molar-refractivity contribution is 0.586. The molecule has 0 spiro atoms. The molecule has 2 atom stereocenters. The second-order valence-electron chi connectivity index (χ2n) is 7.09. The van der Waals surface area contributed by atoms with Crippen molar-refractivity contribution in [3.63, 3.8) is 0 Å². The van der Waals surface area contributed by atoms with Crippen LogP contribution in [0.15, 0.2) is 35.4 Å². The van der Waals surface area contributed by atoms with Crippen LogP contribution in [0.25, 0.3) is 11.4 Å². The maximum atomic E-state index is 12.0. The summed E-state index contributed by atoms with van der Waals surface area (Å²) in [5.41, 5.74) is 9.54. The Morgan fingerprint density at radius 1 is 1.22 bits per heavy atom. The SMILES string of the molecule is Cc1nc(-c2ccc(N3C[C@@H](N)[C@H](c4ccnn4C)C3)nc2)[nH]c(=O)c1C. The molecule has 3 aromatic rings. The first-order chi connectivity index (χ1) is 12.9. The highest BCUT2D eigenvalue weighted by Crippen LogP contribution is 2.29. The van der Waals surface area contributed by atoms with Crippen LogP contribution in [0.3, 0.4) is 0 Å². The predicted molar refractivity (Wildman–Crippen MR) is 104 cm³/mol. The van der Waals surface area contributed by atoms with Crippen LogP contribution in [0.2, 0.25) is 0 Å². The Labute approximate surface area is 157 Å². The zero-order valence-electron chi connectivity index (χ0n) is 15.7. The number of rotatable bonds is 3. The maximum absolute atomic E-state index is 12.0. The van der Waals surface area contributed by atoms with Gasteiger partial charge in [0.1, 0.15) is 11.6 Å². The smallest absolute Gasteiger partial charge is 0.254 e. The Morgan fingerprint density at radius 3 is 2.67 bits per heavy atom. The van der Waals surface area contributed by atoms with Crippen molar-refractivity contribution < 1.29 is 0 Å². The molecule has 140 valence electrons. The fraction of sp³-hybridized carbons (Fsp3) is 0.368. The van der Waals surface area contributed by atoms with E-state index < -0.39 is 0 Å². The lowest BCUT2D eigenvalue weighted by Crippen LogP contribution is -2.29. The van der Waals surface area contributed by atoms with E-state index in [1.54, 1.807) is 19.3 Å². The van der Waals surface area contributed by atoms with Gasteiger partial charge < -0.3 is 15.6 Å². The number of nitrogens with zero attached hydrogens (tertiary/aromatic N) is 5. The normalized spacial score (nSPS) is 19.6. The first-order valence-corrected chi connectivity index (χ1v) is 8.96. The third-order valence-corrected chi connectivity index (χ3v) is 5.34. The summed E-state index contributed by atoms with van der Waals surface area (Å²) in [4.78, 5) is 26.0. The van der Waals surface area contributed by atoms with Gasteiger partial charge in [0.05, 0.1) is 0 Å². The van der Waals surface area contributed by atoms with Crippen molar-refractivity contribution in [2.75, 3.05) is 18.0 Å². The number of aromatic amines is 1. The van der Waals surface area contributed by atoms with E-state index in [4.69, 9.17) is 5.73 Å². The van der Waals surface area contributed by atoms with Gasteiger partial charge in [-0.1, -0.05) is 0 Å². The molecule has 0 unspecified atom stereocenters. The minimum Gasteiger partial charge on any atom is -0.354 e. The Hall–Kier alpha value is -3.00. The third kappa shape index (κ3) is 3.12. The van der Waals surface area contributed by atoms with E-state index in [0.29, 0.717) is 11.4 Å². The molecule has 1 aliphatic heterocycles. The molecule has 0 saturated carbocycles. The molecule has 0 bridgehead atoms. The monoisotopic (exact) mass is 365 g/mol. The molecule has 4 rings (SSSR count). The van der Waals surface area contributed by atoms with E-state index in [9.17, 15) is 4.79 Å². The zero-order chi connectivity index (χ0) is 19.1. The number of aryl methyl sites for hydroxylation is 2. The lowest BCUT2D eigenvalue weighted by Gasteiger charge is -2.17. The van der Waals surface area contributed by atoms with Gasteiger partial charge in [-0.25, -0.2) is 9.97 Å². The van der Waals surface area contributed by atoms with E-state index >= 15 is 0 Å². The molecule has 1 aliphatic rings. The fourth-order valence-corrected chi connectivity index (χ4v) is 3.57. The van der Waals surface area contributed by atoms with E-state index in [0.717, 1.165) is 35.9 Å². The summed E-state index contributed by atoms with van der Waals surface area (Å²) in [6.07, 6.45) is 3.54. The highest BCUT2D eigenvalue weighted by Gasteiger charge is 2.33. The minimum atomic E-state index is -0.119. The number of H-pyrrole nitrogens is 1. The zero-order valence-corrected chi connectivity index (χ0v) is 15.7. The number of pyridine rings is 1. The van der Waals surface area contributed by atoms with Crippen molar-refractivity contribution >= 4 is 5.82 Å². The first kappa shape index (κ1) is 17.4. The Balaban J connectivity index is 1.56. The Morgan fingerprint density at radius 2 is 2.04 bits per heavy atom. The van der Waals surface area contributed by atoms with Crippen LogP contribution in [0.5, 0.6) is 0 Å². The van der Waals surface area contributed by atoms with Gasteiger partial charge in [-0.15, -0.1) is 0 Å². The van der Waals surface area contributed by atoms with Gasteiger partial charge in [0, 0.05) is 67.0 Å². The summed E-state index contributed by atoms with van der Waals surface area (Å²) < 4.78 is 1.88. The van der Waals surface area contributed by atoms with Gasteiger partial charge in [-0.05, 0) is 32.0 Å². The van der Waals surface area contributed by atoms with E-state index in [2.05, 4.69) is 25.0 Å². The van der Waals surface area contributed by atoms with E-state index in [-0.39, 0.29) is 17.5 Å². The number of hydrogen-bond donors (Lipinski definition) is 2. The molecule has 0 amide bonds. The molecule has 3 N–H and O–H groups in total. The number of hydrogen-bond acceptors (Lipinski definition) is 6. The minimum absolute atomic E-state index is 0.0275. The van der Waals surface area contributed by atoms with Crippen molar-refractivity contribution in [2.24, 2.45) is 12.8 Å². The second-order valence-corrected chi connectivity index (χ2v) is 7.09. The summed E-state index contributed by atoms with van der Waals surface area (Å²) >= 11 is 0. The van der Waals surface area contributed by atoms with Crippen LogP contribution in [0.1, 0.15) is 22.9 Å². The molecule has 0 aliphatic carbocycles. The quantitative estimate of drug-likeness (QED) is 0.720. The van der Waals surface area contributed by atoms with Crippen molar-refractivity contribution in [1.29, 1.82) is 0 Å². The van der Waals surface area contributed by atoms with Gasteiger partial charge in [0.25, 0.3) is 5.56 Å². The summed E-state index contributed by atoms with van der Waals surface area (Å²) in [5, 5.41) is 4.25. The Kier molecular flexibility index (Phi) is 4.27. The standard InChI is InChI=1S/C19H23N7O/c1-11-12(2)23-18(24-19(11)27)13-4-5-17(21-8-13)26-9-14(15(20)10-26)16-6-7-22-25(16)3/h4-8,14-15H,9-10,20H2,1-3H3,(H,23,24,27)/t14-,15-/m1/s1. The second kappa shape index (κ2) is 6.62. The molecule has 8 nitrogen and oxygen atoms in total. The summed E-state index contributed by atoms with van der Waals surface area (Å²) in [6.45, 7) is 5.13. The molecule has 0 aromatic carbocycles. The average Bonchev–Trinajstić information content (AvgIpc) is 3.24. The summed E-state index contributed by atoms with van der Waals surface area (Å²) in [5.74, 6) is 1.62. The van der Waals surface area contributed by atoms with Crippen LogP contribution >= 0.6 is 0 Å². The van der Waals surface area contributed by atoms with Crippen molar-refractivity contribution in [3.05, 3.63) is 57.9 Å². The number of aromatic nitrogens is 5. The maximum Gasteiger partial charge on any atom is 0.254 e. The number of anilines is 1. The molecule has 1 fully saturated rings. The molecule has 3 aromatic heterocycles. The lowest BCUT2D eigenvalue weighted by atomic mass is 10.0. The van der Waals surface area contributed by atoms with Crippen LogP contribution in [0.4, 0.5) is 5.82 Å². The fourth-order valence-electron chi connectivity index (χ4n) is 3.57. The molecule has 8 heteroatoms. The van der Waals surface area contributed by atoms with Crippen molar-refractivity contribution in [1.82, 2.24) is 24.7 Å². The molecule has 27 heavy (non-hydrogen) atoms. The van der Waals surface area contributed by atoms with Crippen LogP contribution in [-0.2, 0) is 7.05 Å². The van der Waals surface area contributed by atoms with Gasteiger partial charge >= 0.3 is 0 Å².